The number of rotatable bonds is 7. The van der Waals surface area contributed by atoms with Gasteiger partial charge in [0.25, 0.3) is 0 Å². The highest BCUT2D eigenvalue weighted by Gasteiger charge is 2.37. The minimum Gasteiger partial charge on any atom is -0.486 e. The number of nitrogens with zero attached hydrogens (tertiary/aromatic N) is 1. The molecule has 1 N–H and O–H groups in total. The Labute approximate surface area is 162 Å². The fourth-order valence-electron chi connectivity index (χ4n) is 2.52. The second kappa shape index (κ2) is 8.18. The summed E-state index contributed by atoms with van der Waals surface area (Å²) in [5.41, 5.74) is 0.303. The molecule has 0 aliphatic heterocycles. The smallest absolute Gasteiger partial charge is 0.387 e. The van der Waals surface area contributed by atoms with Crippen LogP contribution in [0, 0.1) is 5.92 Å². The van der Waals surface area contributed by atoms with Crippen molar-refractivity contribution in [3.05, 3.63) is 34.3 Å². The van der Waals surface area contributed by atoms with E-state index in [2.05, 4.69) is 15.0 Å². The molecule has 10 heteroatoms. The van der Waals surface area contributed by atoms with Crippen molar-refractivity contribution in [3.63, 3.8) is 0 Å². The quantitative estimate of drug-likeness (QED) is 0.677. The van der Waals surface area contributed by atoms with Gasteiger partial charge in [0.05, 0.1) is 0 Å². The van der Waals surface area contributed by atoms with Gasteiger partial charge >= 0.3 is 6.61 Å². The predicted octanol–water partition coefficient (Wildman–Crippen LogP) is 4.40. The van der Waals surface area contributed by atoms with Gasteiger partial charge in [-0.25, -0.2) is 4.98 Å². The number of halogens is 3. The van der Waals surface area contributed by atoms with E-state index in [1.54, 1.807) is 5.38 Å². The number of ketones is 1. The summed E-state index contributed by atoms with van der Waals surface area (Å²) in [5.74, 6) is -0.695. The summed E-state index contributed by atoms with van der Waals surface area (Å²) in [6, 6.07) is 4.12. The molecule has 0 atom stereocenters. The first-order chi connectivity index (χ1) is 12.8. The predicted molar refractivity (Wildman–Crippen MR) is 96.0 cm³/mol. The maximum absolute atomic E-state index is 12.5. The zero-order chi connectivity index (χ0) is 19.6. The van der Waals surface area contributed by atoms with E-state index in [0.29, 0.717) is 28.7 Å². The van der Waals surface area contributed by atoms with Crippen LogP contribution in [0.15, 0.2) is 23.6 Å². The molecule has 2 aromatic rings. The van der Waals surface area contributed by atoms with Crippen molar-refractivity contribution in [3.8, 4) is 11.5 Å². The summed E-state index contributed by atoms with van der Waals surface area (Å²) in [6.45, 7) is -1.58. The number of hydrogen-bond acceptors (Lipinski definition) is 6. The molecule has 1 aliphatic rings. The average Bonchev–Trinajstić information content (AvgIpc) is 3.01. The number of ether oxygens (including phenoxy) is 2. The number of thiazole rings is 1. The zero-order valence-corrected chi connectivity index (χ0v) is 15.7. The van der Waals surface area contributed by atoms with E-state index in [-0.39, 0.29) is 35.2 Å². The summed E-state index contributed by atoms with van der Waals surface area (Å²) in [4.78, 5) is 27.5. The summed E-state index contributed by atoms with van der Waals surface area (Å²) < 4.78 is 35.0. The highest BCUT2D eigenvalue weighted by Crippen LogP contribution is 2.38. The van der Waals surface area contributed by atoms with Crippen molar-refractivity contribution < 1.29 is 27.8 Å². The summed E-state index contributed by atoms with van der Waals surface area (Å²) in [7, 11) is 0. The van der Waals surface area contributed by atoms with Crippen LogP contribution in [0.25, 0.3) is 0 Å². The van der Waals surface area contributed by atoms with Gasteiger partial charge in [0.1, 0.15) is 11.8 Å². The van der Waals surface area contributed by atoms with Crippen molar-refractivity contribution in [2.75, 3.05) is 5.32 Å². The third kappa shape index (κ3) is 4.92. The van der Waals surface area contributed by atoms with Crippen LogP contribution in [0.4, 0.5) is 13.9 Å². The van der Waals surface area contributed by atoms with Crippen LogP contribution in [0.5, 0.6) is 11.5 Å². The molecule has 1 heterocycles. The molecule has 1 aliphatic carbocycles. The Bertz CT molecular complexity index is 855. The fourth-order valence-corrected chi connectivity index (χ4v) is 3.44. The fraction of sp³-hybridized carbons (Fsp3) is 0.353. The van der Waals surface area contributed by atoms with Crippen LogP contribution in [0.2, 0.25) is 5.02 Å². The van der Waals surface area contributed by atoms with Gasteiger partial charge in [-0.2, -0.15) is 8.78 Å². The molecule has 27 heavy (non-hydrogen) atoms. The normalized spacial score (nSPS) is 18.7. The van der Waals surface area contributed by atoms with E-state index in [1.807, 2.05) is 0 Å². The minimum atomic E-state index is -2.98. The van der Waals surface area contributed by atoms with Crippen molar-refractivity contribution in [2.45, 2.75) is 32.5 Å². The largest absolute Gasteiger partial charge is 0.486 e. The van der Waals surface area contributed by atoms with E-state index in [4.69, 9.17) is 16.3 Å². The molecular formula is C17H15ClF2N2O4S. The Hall–Kier alpha value is -2.26. The number of carbonyl (C=O) groups is 2. The molecule has 0 radical (unpaired) electrons. The van der Waals surface area contributed by atoms with Gasteiger partial charge in [-0.1, -0.05) is 11.6 Å². The number of alkyl halides is 2. The topological polar surface area (TPSA) is 77.5 Å². The first-order valence-corrected chi connectivity index (χ1v) is 9.26. The first kappa shape index (κ1) is 19.5. The van der Waals surface area contributed by atoms with Gasteiger partial charge < -0.3 is 14.8 Å². The Morgan fingerprint density at radius 1 is 1.33 bits per heavy atom. The molecule has 1 aromatic carbocycles. The second-order valence-corrected chi connectivity index (χ2v) is 7.26. The lowest BCUT2D eigenvalue weighted by Crippen LogP contribution is -2.40. The number of aromatic nitrogens is 1. The molecule has 3 rings (SSSR count). The third-order valence-electron chi connectivity index (χ3n) is 3.98. The Morgan fingerprint density at radius 3 is 2.70 bits per heavy atom. The Balaban J connectivity index is 1.54. The van der Waals surface area contributed by atoms with Gasteiger partial charge in [-0.15, -0.1) is 11.3 Å². The Kier molecular flexibility index (Phi) is 5.91. The van der Waals surface area contributed by atoms with Crippen LogP contribution < -0.4 is 14.8 Å². The van der Waals surface area contributed by atoms with Crippen molar-refractivity contribution in [2.24, 2.45) is 5.92 Å². The van der Waals surface area contributed by atoms with E-state index >= 15 is 0 Å². The van der Waals surface area contributed by atoms with E-state index in [0.717, 1.165) is 0 Å². The Morgan fingerprint density at radius 2 is 2.07 bits per heavy atom. The highest BCUT2D eigenvalue weighted by molar-refractivity contribution is 7.14. The molecule has 0 bridgehead atoms. The molecule has 1 saturated carbocycles. The minimum absolute atomic E-state index is 0.109. The highest BCUT2D eigenvalue weighted by atomic mass is 35.5. The van der Waals surface area contributed by atoms with Gasteiger partial charge in [-0.05, 0) is 25.0 Å². The standard InChI is InChI=1S/C17H15ClF2N2O4S/c1-8(23)12-7-27-17(21-12)22-15(24)9-4-11(5-9)25-14-6-10(18)2-3-13(14)26-16(19)20/h2-3,6-7,9,11,16H,4-5H2,1H3,(H,21,22,24). The summed E-state index contributed by atoms with van der Waals surface area (Å²) in [6.07, 6.45) is 0.512. The van der Waals surface area contributed by atoms with E-state index in [1.165, 1.54) is 36.5 Å². The van der Waals surface area contributed by atoms with E-state index in [9.17, 15) is 18.4 Å². The molecule has 1 aromatic heterocycles. The molecular weight excluding hydrogens is 402 g/mol. The molecule has 1 amide bonds. The van der Waals surface area contributed by atoms with Crippen LogP contribution in [-0.2, 0) is 4.79 Å². The van der Waals surface area contributed by atoms with Crippen LogP contribution in [-0.4, -0.2) is 29.4 Å². The zero-order valence-electron chi connectivity index (χ0n) is 14.1. The van der Waals surface area contributed by atoms with E-state index < -0.39 is 6.61 Å². The van der Waals surface area contributed by atoms with Gasteiger partial charge in [-0.3, -0.25) is 9.59 Å². The molecule has 0 unspecified atom stereocenters. The monoisotopic (exact) mass is 416 g/mol. The van der Waals surface area contributed by atoms with Crippen LogP contribution in [0.1, 0.15) is 30.3 Å². The van der Waals surface area contributed by atoms with Crippen molar-refractivity contribution >= 4 is 39.8 Å². The second-order valence-electron chi connectivity index (χ2n) is 5.96. The first-order valence-electron chi connectivity index (χ1n) is 8.00. The maximum Gasteiger partial charge on any atom is 0.387 e. The van der Waals surface area contributed by atoms with Crippen molar-refractivity contribution in [1.82, 2.24) is 4.98 Å². The maximum atomic E-state index is 12.5. The average molecular weight is 417 g/mol. The molecule has 6 nitrogen and oxygen atoms in total. The number of nitrogens with one attached hydrogen (secondary N) is 1. The molecule has 0 spiro atoms. The SMILES string of the molecule is CC(=O)c1csc(NC(=O)C2CC(Oc3cc(Cl)ccc3OC(F)F)C2)n1. The molecule has 0 saturated heterocycles. The van der Waals surface area contributed by atoms with Crippen LogP contribution in [0.3, 0.4) is 0 Å². The summed E-state index contributed by atoms with van der Waals surface area (Å²) in [5, 5.41) is 4.93. The van der Waals surface area contributed by atoms with Crippen molar-refractivity contribution in [1.29, 1.82) is 0 Å². The lowest BCUT2D eigenvalue weighted by molar-refractivity contribution is -0.125. The number of hydrogen-bond donors (Lipinski definition) is 1. The number of anilines is 1. The number of benzene rings is 1. The lowest BCUT2D eigenvalue weighted by atomic mass is 9.81. The molecule has 144 valence electrons. The molecule has 1 fully saturated rings. The van der Waals surface area contributed by atoms with Gasteiger partial charge in [0.15, 0.2) is 22.4 Å². The number of Topliss-reactive ketones (excluding diaryl/α,β-unsaturated/α-hetero) is 1. The summed E-state index contributed by atoms with van der Waals surface area (Å²) >= 11 is 7.05. The van der Waals surface area contributed by atoms with Crippen LogP contribution >= 0.6 is 22.9 Å². The van der Waals surface area contributed by atoms with Gasteiger partial charge in [0.2, 0.25) is 5.91 Å². The number of amides is 1. The number of carbonyl (C=O) groups excluding carboxylic acids is 2. The van der Waals surface area contributed by atoms with Gasteiger partial charge in [0, 0.05) is 29.3 Å². The third-order valence-corrected chi connectivity index (χ3v) is 4.97. The lowest BCUT2D eigenvalue weighted by Gasteiger charge is -2.34.